The van der Waals surface area contributed by atoms with Crippen molar-refractivity contribution in [1.29, 1.82) is 0 Å². The normalized spacial score (nSPS) is 16.2. The highest BCUT2D eigenvalue weighted by atomic mass is 15.3. The average molecular weight is 214 g/mol. The molecule has 0 aliphatic heterocycles. The number of benzene rings is 1. The van der Waals surface area contributed by atoms with Crippen LogP contribution in [0, 0.1) is 5.92 Å². The van der Waals surface area contributed by atoms with Crippen LogP contribution in [0.4, 0.5) is 0 Å². The highest BCUT2D eigenvalue weighted by Crippen LogP contribution is 2.31. The van der Waals surface area contributed by atoms with Crippen molar-refractivity contribution in [2.45, 2.75) is 39.2 Å². The Hall–Kier alpha value is -1.31. The Labute approximate surface area is 96.3 Å². The molecule has 1 fully saturated rings. The Morgan fingerprint density at radius 3 is 2.88 bits per heavy atom. The van der Waals surface area contributed by atoms with Gasteiger partial charge in [0.25, 0.3) is 0 Å². The van der Waals surface area contributed by atoms with E-state index < -0.39 is 0 Å². The van der Waals surface area contributed by atoms with Crippen LogP contribution in [0.1, 0.15) is 38.2 Å². The van der Waals surface area contributed by atoms with Crippen molar-refractivity contribution in [2.24, 2.45) is 5.92 Å². The van der Waals surface area contributed by atoms with Gasteiger partial charge in [-0.05, 0) is 36.3 Å². The molecule has 0 atom stereocenters. The minimum Gasteiger partial charge on any atom is -0.271 e. The molecule has 1 heterocycles. The number of hydrogen-bond acceptors (Lipinski definition) is 1. The van der Waals surface area contributed by atoms with E-state index in [0.29, 0.717) is 5.92 Å². The maximum Gasteiger partial charge on any atom is 0.0926 e. The summed E-state index contributed by atoms with van der Waals surface area (Å²) in [5.74, 6) is 1.46. The first kappa shape index (κ1) is 9.88. The number of aromatic nitrogens is 2. The van der Waals surface area contributed by atoms with Crippen molar-refractivity contribution in [3.05, 3.63) is 30.0 Å². The third-order valence-electron chi connectivity index (χ3n) is 3.40. The van der Waals surface area contributed by atoms with Gasteiger partial charge in [0.1, 0.15) is 0 Å². The summed E-state index contributed by atoms with van der Waals surface area (Å²) in [5, 5.41) is 5.98. The molecular weight excluding hydrogens is 196 g/mol. The van der Waals surface area contributed by atoms with Crippen LogP contribution in [0.2, 0.25) is 0 Å². The van der Waals surface area contributed by atoms with Crippen LogP contribution < -0.4 is 0 Å². The summed E-state index contributed by atoms with van der Waals surface area (Å²) in [7, 11) is 0. The molecule has 1 aliphatic rings. The van der Waals surface area contributed by atoms with Gasteiger partial charge in [0.05, 0.1) is 5.52 Å². The summed E-state index contributed by atoms with van der Waals surface area (Å²) < 4.78 is 2.13. The van der Waals surface area contributed by atoms with Crippen LogP contribution in [-0.2, 0) is 6.54 Å². The van der Waals surface area contributed by atoms with Gasteiger partial charge >= 0.3 is 0 Å². The Kier molecular flexibility index (Phi) is 2.23. The van der Waals surface area contributed by atoms with Crippen molar-refractivity contribution < 1.29 is 0 Å². The minimum absolute atomic E-state index is 0.572. The molecule has 16 heavy (non-hydrogen) atoms. The topological polar surface area (TPSA) is 17.8 Å². The monoisotopic (exact) mass is 214 g/mol. The molecule has 84 valence electrons. The number of rotatable bonds is 3. The second-order valence-electron chi connectivity index (χ2n) is 5.23. The van der Waals surface area contributed by atoms with E-state index >= 15 is 0 Å². The molecule has 1 saturated carbocycles. The fourth-order valence-corrected chi connectivity index (χ4v) is 2.28. The Morgan fingerprint density at radius 2 is 2.19 bits per heavy atom. The molecular formula is C14H18N2. The van der Waals surface area contributed by atoms with E-state index in [4.69, 9.17) is 0 Å². The summed E-state index contributed by atoms with van der Waals surface area (Å²) in [4.78, 5) is 0. The van der Waals surface area contributed by atoms with E-state index in [1.54, 1.807) is 0 Å². The first-order chi connectivity index (χ1) is 7.74. The lowest BCUT2D eigenvalue weighted by Crippen LogP contribution is -1.99. The molecule has 1 aliphatic carbocycles. The lowest BCUT2D eigenvalue weighted by atomic mass is 10.00. The van der Waals surface area contributed by atoms with Crippen LogP contribution in [0.25, 0.3) is 10.9 Å². The summed E-state index contributed by atoms with van der Waals surface area (Å²) in [6.07, 6.45) is 4.99. The summed E-state index contributed by atoms with van der Waals surface area (Å²) >= 11 is 0. The van der Waals surface area contributed by atoms with Gasteiger partial charge in [-0.2, -0.15) is 5.10 Å². The van der Waals surface area contributed by atoms with Crippen LogP contribution in [0.5, 0.6) is 0 Å². The van der Waals surface area contributed by atoms with Gasteiger partial charge in [0.2, 0.25) is 0 Å². The predicted octanol–water partition coefficient (Wildman–Crippen LogP) is 3.57. The standard InChI is InChI=1S/C14H18N2/c1-10(2)12-4-3-5-14-13(12)9-16(15-14)8-11-6-7-11/h3-5,9-11H,6-8H2,1-2H3. The molecule has 2 heteroatoms. The molecule has 0 saturated heterocycles. The zero-order valence-corrected chi connectivity index (χ0v) is 9.98. The zero-order chi connectivity index (χ0) is 11.1. The van der Waals surface area contributed by atoms with E-state index in [0.717, 1.165) is 18.0 Å². The molecule has 2 nitrogen and oxygen atoms in total. The number of fused-ring (bicyclic) bond motifs is 1. The van der Waals surface area contributed by atoms with Crippen molar-refractivity contribution in [2.75, 3.05) is 0 Å². The van der Waals surface area contributed by atoms with Crippen molar-refractivity contribution >= 4 is 10.9 Å². The summed E-state index contributed by atoms with van der Waals surface area (Å²) in [6.45, 7) is 5.59. The van der Waals surface area contributed by atoms with E-state index in [-0.39, 0.29) is 0 Å². The molecule has 0 radical (unpaired) electrons. The lowest BCUT2D eigenvalue weighted by Gasteiger charge is -2.05. The highest BCUT2D eigenvalue weighted by molar-refractivity contribution is 5.82. The lowest BCUT2D eigenvalue weighted by molar-refractivity contribution is 0.568. The summed E-state index contributed by atoms with van der Waals surface area (Å²) in [5.41, 5.74) is 2.56. The second-order valence-corrected chi connectivity index (χ2v) is 5.23. The molecule has 1 aromatic carbocycles. The molecule has 0 spiro atoms. The maximum absolute atomic E-state index is 4.65. The molecule has 0 bridgehead atoms. The van der Waals surface area contributed by atoms with E-state index in [1.807, 2.05) is 0 Å². The second kappa shape index (κ2) is 3.62. The molecule has 2 aromatic rings. The van der Waals surface area contributed by atoms with E-state index in [2.05, 4.69) is 48.0 Å². The van der Waals surface area contributed by atoms with Gasteiger partial charge in [0.15, 0.2) is 0 Å². The zero-order valence-electron chi connectivity index (χ0n) is 9.98. The van der Waals surface area contributed by atoms with Gasteiger partial charge in [-0.15, -0.1) is 0 Å². The maximum atomic E-state index is 4.65. The Morgan fingerprint density at radius 1 is 1.38 bits per heavy atom. The van der Waals surface area contributed by atoms with Crippen molar-refractivity contribution in [1.82, 2.24) is 9.78 Å². The SMILES string of the molecule is CC(C)c1cccc2nn(CC3CC3)cc12. The summed E-state index contributed by atoms with van der Waals surface area (Å²) in [6, 6.07) is 6.45. The average Bonchev–Trinajstić information content (AvgIpc) is 2.95. The smallest absolute Gasteiger partial charge is 0.0926 e. The largest absolute Gasteiger partial charge is 0.271 e. The van der Waals surface area contributed by atoms with Crippen molar-refractivity contribution in [3.63, 3.8) is 0 Å². The van der Waals surface area contributed by atoms with Crippen LogP contribution in [0.15, 0.2) is 24.4 Å². The third kappa shape index (κ3) is 1.73. The van der Waals surface area contributed by atoms with Gasteiger partial charge < -0.3 is 0 Å². The van der Waals surface area contributed by atoms with Crippen LogP contribution >= 0.6 is 0 Å². The molecule has 1 aromatic heterocycles. The minimum atomic E-state index is 0.572. The number of hydrogen-bond donors (Lipinski definition) is 0. The first-order valence-electron chi connectivity index (χ1n) is 6.20. The van der Waals surface area contributed by atoms with E-state index in [1.165, 1.54) is 23.8 Å². The first-order valence-corrected chi connectivity index (χ1v) is 6.20. The Bertz CT molecular complexity index is 506. The quantitative estimate of drug-likeness (QED) is 0.763. The third-order valence-corrected chi connectivity index (χ3v) is 3.40. The molecule has 0 unspecified atom stereocenters. The van der Waals surface area contributed by atoms with Gasteiger partial charge in [-0.25, -0.2) is 0 Å². The molecule has 3 rings (SSSR count). The predicted molar refractivity (Wildman–Crippen MR) is 66.5 cm³/mol. The van der Waals surface area contributed by atoms with Crippen LogP contribution in [0.3, 0.4) is 0 Å². The van der Waals surface area contributed by atoms with Crippen molar-refractivity contribution in [3.8, 4) is 0 Å². The van der Waals surface area contributed by atoms with E-state index in [9.17, 15) is 0 Å². The van der Waals surface area contributed by atoms with Gasteiger partial charge in [-0.3, -0.25) is 4.68 Å². The highest BCUT2D eigenvalue weighted by Gasteiger charge is 2.22. The van der Waals surface area contributed by atoms with Gasteiger partial charge in [0, 0.05) is 18.1 Å². The fourth-order valence-electron chi connectivity index (χ4n) is 2.28. The fraction of sp³-hybridized carbons (Fsp3) is 0.500. The molecule has 0 N–H and O–H groups in total. The van der Waals surface area contributed by atoms with Gasteiger partial charge in [-0.1, -0.05) is 26.0 Å². The molecule has 0 amide bonds. The van der Waals surface area contributed by atoms with Crippen LogP contribution in [-0.4, -0.2) is 9.78 Å². The Balaban J connectivity index is 2.04. The number of nitrogens with zero attached hydrogens (tertiary/aromatic N) is 2.